The number of ether oxygens (including phenoxy) is 1. The molecule has 3 amide bonds. The first-order chi connectivity index (χ1) is 19.6. The number of likely N-dealkylation sites (tertiary alicyclic amines) is 1. The molecule has 1 aromatic carbocycles. The van der Waals surface area contributed by atoms with E-state index in [-0.39, 0.29) is 29.8 Å². The lowest BCUT2D eigenvalue weighted by Crippen LogP contribution is -2.60. The van der Waals surface area contributed by atoms with Crippen molar-refractivity contribution in [1.29, 1.82) is 0 Å². The van der Waals surface area contributed by atoms with Crippen LogP contribution in [0.3, 0.4) is 0 Å². The van der Waals surface area contributed by atoms with E-state index in [9.17, 15) is 14.4 Å². The first kappa shape index (κ1) is 28.4. The van der Waals surface area contributed by atoms with Crippen molar-refractivity contribution in [3.05, 3.63) is 42.0 Å². The zero-order valence-corrected chi connectivity index (χ0v) is 25.3. The molecule has 2 bridgehead atoms. The highest BCUT2D eigenvalue weighted by atomic mass is 16.5. The van der Waals surface area contributed by atoms with Gasteiger partial charge in [-0.2, -0.15) is 0 Å². The molecule has 7 nitrogen and oxygen atoms in total. The van der Waals surface area contributed by atoms with E-state index >= 15 is 0 Å². The number of rotatable bonds is 6. The Kier molecular flexibility index (Phi) is 7.54. The summed E-state index contributed by atoms with van der Waals surface area (Å²) in [6, 6.07) is 7.18. The number of fused-ring (bicyclic) bond motifs is 1. The molecule has 1 aromatic rings. The zero-order valence-electron chi connectivity index (χ0n) is 25.3. The maximum atomic E-state index is 14.5. The van der Waals surface area contributed by atoms with Gasteiger partial charge in [0.1, 0.15) is 11.6 Å². The molecule has 6 rings (SSSR count). The SMILES string of the molecule is CC(C)c1ccc(NC(=O)[C@H]2[C@H]3C=C[C@@]4(O3)[C@H]2C(=O)N([C@@H]2CCCC[C@@H]2C)[C@@H]4C(=O)N[C@@H]2CCC[C@@H](C)[C@@H]2C)cc1. The summed E-state index contributed by atoms with van der Waals surface area (Å²) in [5.41, 5.74) is 0.792. The molecule has 1 spiro atoms. The lowest BCUT2D eigenvalue weighted by molar-refractivity contribution is -0.146. The van der Waals surface area contributed by atoms with Crippen LogP contribution < -0.4 is 10.6 Å². The van der Waals surface area contributed by atoms with Crippen molar-refractivity contribution < 1.29 is 19.1 Å². The van der Waals surface area contributed by atoms with Gasteiger partial charge in [-0.3, -0.25) is 14.4 Å². The number of hydrogen-bond donors (Lipinski definition) is 2. The Morgan fingerprint density at radius 1 is 0.951 bits per heavy atom. The number of anilines is 1. The third kappa shape index (κ3) is 4.72. The number of carbonyl (C=O) groups excluding carboxylic acids is 3. The molecular formula is C34H47N3O4. The summed E-state index contributed by atoms with van der Waals surface area (Å²) in [7, 11) is 0. The summed E-state index contributed by atoms with van der Waals surface area (Å²) in [4.78, 5) is 44.5. The van der Waals surface area contributed by atoms with Crippen molar-refractivity contribution in [1.82, 2.24) is 10.2 Å². The Bertz CT molecular complexity index is 1210. The second kappa shape index (κ2) is 10.9. The van der Waals surface area contributed by atoms with Crippen molar-refractivity contribution in [2.24, 2.45) is 29.6 Å². The second-order valence-electron chi connectivity index (χ2n) is 13.9. The van der Waals surface area contributed by atoms with Gasteiger partial charge in [-0.05, 0) is 60.6 Å². The summed E-state index contributed by atoms with van der Waals surface area (Å²) in [5.74, 6) is -0.223. The number of hydrogen-bond acceptors (Lipinski definition) is 4. The molecule has 0 radical (unpaired) electrons. The van der Waals surface area contributed by atoms with E-state index in [1.165, 1.54) is 12.0 Å². The molecule has 2 saturated carbocycles. The minimum atomic E-state index is -1.12. The van der Waals surface area contributed by atoms with Crippen LogP contribution in [-0.2, 0) is 19.1 Å². The van der Waals surface area contributed by atoms with Gasteiger partial charge in [0.05, 0.1) is 17.9 Å². The Labute approximate surface area is 244 Å². The largest absolute Gasteiger partial charge is 0.359 e. The van der Waals surface area contributed by atoms with Crippen LogP contribution in [0.5, 0.6) is 0 Å². The van der Waals surface area contributed by atoms with Crippen LogP contribution in [0.15, 0.2) is 36.4 Å². The van der Waals surface area contributed by atoms with E-state index in [0.717, 1.165) is 38.5 Å². The topological polar surface area (TPSA) is 87.7 Å². The minimum absolute atomic E-state index is 0.0296. The molecule has 2 aliphatic carbocycles. The van der Waals surface area contributed by atoms with Crippen LogP contribution >= 0.6 is 0 Å². The van der Waals surface area contributed by atoms with Gasteiger partial charge in [-0.25, -0.2) is 0 Å². The average Bonchev–Trinajstić information content (AvgIpc) is 3.59. The fourth-order valence-corrected chi connectivity index (χ4v) is 8.50. The van der Waals surface area contributed by atoms with E-state index in [4.69, 9.17) is 4.74 Å². The molecule has 3 aliphatic heterocycles. The molecule has 41 heavy (non-hydrogen) atoms. The quantitative estimate of drug-likeness (QED) is 0.454. The lowest BCUT2D eigenvalue weighted by Gasteiger charge is -2.42. The predicted molar refractivity (Wildman–Crippen MR) is 159 cm³/mol. The highest BCUT2D eigenvalue weighted by Crippen LogP contribution is 2.56. The molecule has 222 valence electrons. The summed E-state index contributed by atoms with van der Waals surface area (Å²) in [6.45, 7) is 11.0. The van der Waals surface area contributed by atoms with Gasteiger partial charge in [-0.1, -0.05) is 84.6 Å². The van der Waals surface area contributed by atoms with Crippen LogP contribution in [-0.4, -0.2) is 52.5 Å². The highest BCUT2D eigenvalue weighted by molar-refractivity contribution is 6.03. The Morgan fingerprint density at radius 2 is 1.66 bits per heavy atom. The van der Waals surface area contributed by atoms with E-state index < -0.39 is 29.6 Å². The summed E-state index contributed by atoms with van der Waals surface area (Å²) in [6.07, 6.45) is 10.6. The van der Waals surface area contributed by atoms with E-state index in [1.807, 2.05) is 41.3 Å². The van der Waals surface area contributed by atoms with E-state index in [0.29, 0.717) is 29.4 Å². The van der Waals surface area contributed by atoms with Crippen LogP contribution in [0.25, 0.3) is 0 Å². The van der Waals surface area contributed by atoms with Gasteiger partial charge in [0.15, 0.2) is 0 Å². The molecule has 3 heterocycles. The monoisotopic (exact) mass is 561 g/mol. The van der Waals surface area contributed by atoms with Gasteiger partial charge in [0, 0.05) is 17.8 Å². The molecule has 10 atom stereocenters. The summed E-state index contributed by atoms with van der Waals surface area (Å²) < 4.78 is 6.61. The van der Waals surface area contributed by atoms with Crippen LogP contribution in [0.4, 0.5) is 5.69 Å². The maximum absolute atomic E-state index is 14.5. The molecule has 2 saturated heterocycles. The van der Waals surface area contributed by atoms with E-state index in [1.54, 1.807) is 0 Å². The third-order valence-corrected chi connectivity index (χ3v) is 11.2. The van der Waals surface area contributed by atoms with Gasteiger partial charge < -0.3 is 20.3 Å². The Balaban J connectivity index is 1.31. The fourth-order valence-electron chi connectivity index (χ4n) is 8.50. The molecule has 7 heteroatoms. The number of nitrogens with one attached hydrogen (secondary N) is 2. The second-order valence-corrected chi connectivity index (χ2v) is 13.9. The van der Waals surface area contributed by atoms with Crippen molar-refractivity contribution in [2.75, 3.05) is 5.32 Å². The van der Waals surface area contributed by atoms with Crippen molar-refractivity contribution in [3.8, 4) is 0 Å². The number of nitrogens with zero attached hydrogens (tertiary/aromatic N) is 1. The third-order valence-electron chi connectivity index (χ3n) is 11.2. The molecule has 2 N–H and O–H groups in total. The lowest BCUT2D eigenvalue weighted by atomic mass is 9.73. The minimum Gasteiger partial charge on any atom is -0.359 e. The summed E-state index contributed by atoms with van der Waals surface area (Å²) >= 11 is 0. The molecule has 0 aromatic heterocycles. The normalized spacial score (nSPS) is 39.7. The number of carbonyl (C=O) groups is 3. The average molecular weight is 562 g/mol. The van der Waals surface area contributed by atoms with Gasteiger partial charge in [0.25, 0.3) is 0 Å². The molecule has 4 fully saturated rings. The van der Waals surface area contributed by atoms with Gasteiger partial charge in [-0.15, -0.1) is 0 Å². The highest BCUT2D eigenvalue weighted by Gasteiger charge is 2.73. The van der Waals surface area contributed by atoms with Gasteiger partial charge in [0.2, 0.25) is 17.7 Å². The smallest absolute Gasteiger partial charge is 0.246 e. The van der Waals surface area contributed by atoms with Crippen LogP contribution in [0.2, 0.25) is 0 Å². The fraction of sp³-hybridized carbons (Fsp3) is 0.676. The van der Waals surface area contributed by atoms with Crippen molar-refractivity contribution in [2.45, 2.75) is 115 Å². The zero-order chi connectivity index (χ0) is 29.1. The first-order valence-electron chi connectivity index (χ1n) is 16.0. The number of amides is 3. The maximum Gasteiger partial charge on any atom is 0.246 e. The number of benzene rings is 1. The van der Waals surface area contributed by atoms with Crippen LogP contribution in [0, 0.1) is 29.6 Å². The first-order valence-corrected chi connectivity index (χ1v) is 16.0. The summed E-state index contributed by atoms with van der Waals surface area (Å²) in [5, 5.41) is 6.45. The standard InChI is InChI=1S/C34H47N3O4/c1-19(2)23-13-15-24(16-14-23)35-31(38)28-27-17-18-34(41-27)29(28)33(40)37(26-12-7-6-9-21(26)4)30(34)32(39)36-25-11-8-10-20(3)22(25)5/h13-22,25-30H,6-12H2,1-5H3,(H,35,38)(H,36,39)/t20-,21+,22+,25-,26-,27-,28+,29-,30-,34-/m1/s1. The Morgan fingerprint density at radius 3 is 2.37 bits per heavy atom. The van der Waals surface area contributed by atoms with Crippen molar-refractivity contribution in [3.63, 3.8) is 0 Å². The van der Waals surface area contributed by atoms with E-state index in [2.05, 4.69) is 45.3 Å². The molecular weight excluding hydrogens is 514 g/mol. The Hall–Kier alpha value is -2.67. The van der Waals surface area contributed by atoms with Crippen LogP contribution in [0.1, 0.15) is 91.0 Å². The van der Waals surface area contributed by atoms with Gasteiger partial charge >= 0.3 is 0 Å². The van der Waals surface area contributed by atoms with Crippen molar-refractivity contribution >= 4 is 23.4 Å². The molecule has 0 unspecified atom stereocenters. The predicted octanol–water partition coefficient (Wildman–Crippen LogP) is 5.42. The molecule has 5 aliphatic rings.